The smallest absolute Gasteiger partial charge is 0.227 e. The summed E-state index contributed by atoms with van der Waals surface area (Å²) in [5, 5.41) is 0. The molecule has 1 aromatic carbocycles. The SMILES string of the molecule is CC(C)Oc1ccc(CC(=O)N2CCN(C(=O)C3CCCCC3)CC2)cc1. The lowest BCUT2D eigenvalue weighted by Gasteiger charge is -2.37. The molecule has 5 nitrogen and oxygen atoms in total. The molecule has 0 spiro atoms. The quantitative estimate of drug-likeness (QED) is 0.797. The highest BCUT2D eigenvalue weighted by atomic mass is 16.5. The molecule has 0 aromatic heterocycles. The fourth-order valence-corrected chi connectivity index (χ4v) is 4.03. The molecule has 0 bridgehead atoms. The third kappa shape index (κ3) is 5.47. The first kappa shape index (κ1) is 19.7. The molecule has 3 rings (SSSR count). The van der Waals surface area contributed by atoms with Gasteiger partial charge in [-0.15, -0.1) is 0 Å². The molecule has 0 radical (unpaired) electrons. The third-order valence-electron chi connectivity index (χ3n) is 5.55. The van der Waals surface area contributed by atoms with Gasteiger partial charge in [-0.1, -0.05) is 31.4 Å². The summed E-state index contributed by atoms with van der Waals surface area (Å²) < 4.78 is 5.64. The van der Waals surface area contributed by atoms with Crippen molar-refractivity contribution in [2.45, 2.75) is 58.5 Å². The first-order chi connectivity index (χ1) is 13.0. The Morgan fingerprint density at radius 3 is 2.15 bits per heavy atom. The molecule has 1 saturated heterocycles. The van der Waals surface area contributed by atoms with Gasteiger partial charge in [-0.3, -0.25) is 9.59 Å². The predicted molar refractivity (Wildman–Crippen MR) is 106 cm³/mol. The third-order valence-corrected chi connectivity index (χ3v) is 5.55. The molecular formula is C22H32N2O3. The first-order valence-electron chi connectivity index (χ1n) is 10.3. The second-order valence-electron chi connectivity index (χ2n) is 8.03. The van der Waals surface area contributed by atoms with Crippen molar-refractivity contribution in [1.82, 2.24) is 9.80 Å². The number of nitrogens with zero attached hydrogens (tertiary/aromatic N) is 2. The Labute approximate surface area is 162 Å². The summed E-state index contributed by atoms with van der Waals surface area (Å²) in [4.78, 5) is 29.1. The van der Waals surface area contributed by atoms with Crippen LogP contribution < -0.4 is 4.74 Å². The summed E-state index contributed by atoms with van der Waals surface area (Å²) in [6.45, 7) is 6.62. The highest BCUT2D eigenvalue weighted by Crippen LogP contribution is 2.26. The molecule has 5 heteroatoms. The Kier molecular flexibility index (Phi) is 6.75. The van der Waals surface area contributed by atoms with Crippen LogP contribution in [0.5, 0.6) is 5.75 Å². The fourth-order valence-electron chi connectivity index (χ4n) is 4.03. The molecule has 1 saturated carbocycles. The summed E-state index contributed by atoms with van der Waals surface area (Å²) in [7, 11) is 0. The number of carbonyl (C=O) groups is 2. The highest BCUT2D eigenvalue weighted by Gasteiger charge is 2.29. The molecule has 0 unspecified atom stereocenters. The number of hydrogen-bond donors (Lipinski definition) is 0. The molecule has 1 heterocycles. The van der Waals surface area contributed by atoms with Crippen LogP contribution in [-0.4, -0.2) is 53.9 Å². The van der Waals surface area contributed by atoms with Gasteiger partial charge in [0, 0.05) is 32.1 Å². The fraction of sp³-hybridized carbons (Fsp3) is 0.636. The second-order valence-corrected chi connectivity index (χ2v) is 8.03. The number of rotatable bonds is 5. The van der Waals surface area contributed by atoms with Gasteiger partial charge in [0.1, 0.15) is 5.75 Å². The predicted octanol–water partition coefficient (Wildman–Crippen LogP) is 3.27. The van der Waals surface area contributed by atoms with Gasteiger partial charge in [-0.05, 0) is 44.4 Å². The highest BCUT2D eigenvalue weighted by molar-refractivity contribution is 5.81. The van der Waals surface area contributed by atoms with Crippen molar-refractivity contribution >= 4 is 11.8 Å². The molecule has 2 fully saturated rings. The Morgan fingerprint density at radius 1 is 0.963 bits per heavy atom. The van der Waals surface area contributed by atoms with Crippen molar-refractivity contribution in [2.75, 3.05) is 26.2 Å². The second kappa shape index (κ2) is 9.25. The summed E-state index contributed by atoms with van der Waals surface area (Å²) >= 11 is 0. The molecule has 148 valence electrons. The van der Waals surface area contributed by atoms with Crippen LogP contribution in [0.1, 0.15) is 51.5 Å². The molecule has 2 amide bonds. The number of benzene rings is 1. The maximum absolute atomic E-state index is 12.6. The van der Waals surface area contributed by atoms with Crippen molar-refractivity contribution in [3.05, 3.63) is 29.8 Å². The zero-order chi connectivity index (χ0) is 19.2. The van der Waals surface area contributed by atoms with Gasteiger partial charge in [0.25, 0.3) is 0 Å². The van der Waals surface area contributed by atoms with E-state index in [-0.39, 0.29) is 17.9 Å². The monoisotopic (exact) mass is 372 g/mol. The zero-order valence-electron chi connectivity index (χ0n) is 16.7. The van der Waals surface area contributed by atoms with E-state index in [4.69, 9.17) is 4.74 Å². The molecule has 0 N–H and O–H groups in total. The van der Waals surface area contributed by atoms with E-state index in [1.165, 1.54) is 19.3 Å². The van der Waals surface area contributed by atoms with Crippen molar-refractivity contribution < 1.29 is 14.3 Å². The van der Waals surface area contributed by atoms with Gasteiger partial charge < -0.3 is 14.5 Å². The Hall–Kier alpha value is -2.04. The summed E-state index contributed by atoms with van der Waals surface area (Å²) in [5.74, 6) is 1.49. The number of carbonyl (C=O) groups excluding carboxylic acids is 2. The lowest BCUT2D eigenvalue weighted by Crippen LogP contribution is -2.52. The molecular weight excluding hydrogens is 340 g/mol. The minimum absolute atomic E-state index is 0.136. The van der Waals surface area contributed by atoms with Crippen LogP contribution in [0.3, 0.4) is 0 Å². The van der Waals surface area contributed by atoms with Gasteiger partial charge in [-0.25, -0.2) is 0 Å². The molecule has 0 atom stereocenters. The van der Waals surface area contributed by atoms with E-state index in [1.54, 1.807) is 0 Å². The lowest BCUT2D eigenvalue weighted by molar-refractivity contribution is -0.142. The lowest BCUT2D eigenvalue weighted by atomic mass is 9.88. The summed E-state index contributed by atoms with van der Waals surface area (Å²) in [6.07, 6.45) is 6.23. The van der Waals surface area contributed by atoms with Gasteiger partial charge in [-0.2, -0.15) is 0 Å². The minimum atomic E-state index is 0.136. The maximum Gasteiger partial charge on any atom is 0.227 e. The van der Waals surface area contributed by atoms with E-state index in [0.717, 1.165) is 24.2 Å². The van der Waals surface area contributed by atoms with E-state index >= 15 is 0 Å². The maximum atomic E-state index is 12.6. The molecule has 2 aliphatic rings. The van der Waals surface area contributed by atoms with Crippen LogP contribution in [0.4, 0.5) is 0 Å². The topological polar surface area (TPSA) is 49.9 Å². The van der Waals surface area contributed by atoms with Gasteiger partial charge in [0.05, 0.1) is 12.5 Å². The Balaban J connectivity index is 1.46. The average molecular weight is 373 g/mol. The van der Waals surface area contributed by atoms with Gasteiger partial charge >= 0.3 is 0 Å². The van der Waals surface area contributed by atoms with Crippen LogP contribution in [0.2, 0.25) is 0 Å². The Morgan fingerprint density at radius 2 is 1.56 bits per heavy atom. The first-order valence-corrected chi connectivity index (χ1v) is 10.3. The molecule has 1 aliphatic heterocycles. The van der Waals surface area contributed by atoms with Crippen LogP contribution in [-0.2, 0) is 16.0 Å². The number of amides is 2. The summed E-state index contributed by atoms with van der Waals surface area (Å²) in [6, 6.07) is 7.75. The van der Waals surface area contributed by atoms with Gasteiger partial charge in [0.2, 0.25) is 11.8 Å². The minimum Gasteiger partial charge on any atom is -0.491 e. The molecule has 1 aromatic rings. The van der Waals surface area contributed by atoms with E-state index in [0.29, 0.717) is 38.5 Å². The van der Waals surface area contributed by atoms with Crippen LogP contribution in [0.25, 0.3) is 0 Å². The summed E-state index contributed by atoms with van der Waals surface area (Å²) in [5.41, 5.74) is 0.997. The van der Waals surface area contributed by atoms with E-state index in [2.05, 4.69) is 0 Å². The van der Waals surface area contributed by atoms with E-state index in [1.807, 2.05) is 47.9 Å². The molecule has 27 heavy (non-hydrogen) atoms. The van der Waals surface area contributed by atoms with Crippen molar-refractivity contribution in [2.24, 2.45) is 5.92 Å². The van der Waals surface area contributed by atoms with Crippen molar-refractivity contribution in [1.29, 1.82) is 0 Å². The average Bonchev–Trinajstić information content (AvgIpc) is 2.69. The zero-order valence-corrected chi connectivity index (χ0v) is 16.7. The normalized spacial score (nSPS) is 18.6. The van der Waals surface area contributed by atoms with E-state index in [9.17, 15) is 9.59 Å². The van der Waals surface area contributed by atoms with Crippen LogP contribution in [0.15, 0.2) is 24.3 Å². The molecule has 1 aliphatic carbocycles. The van der Waals surface area contributed by atoms with Gasteiger partial charge in [0.15, 0.2) is 0 Å². The number of hydrogen-bond acceptors (Lipinski definition) is 3. The van der Waals surface area contributed by atoms with E-state index < -0.39 is 0 Å². The van der Waals surface area contributed by atoms with Crippen molar-refractivity contribution in [3.63, 3.8) is 0 Å². The van der Waals surface area contributed by atoms with Crippen LogP contribution >= 0.6 is 0 Å². The largest absolute Gasteiger partial charge is 0.491 e. The van der Waals surface area contributed by atoms with Crippen LogP contribution in [0, 0.1) is 5.92 Å². The standard InChI is InChI=1S/C22H32N2O3/c1-17(2)27-20-10-8-18(9-11-20)16-21(25)23-12-14-24(15-13-23)22(26)19-6-4-3-5-7-19/h8-11,17,19H,3-7,12-16H2,1-2H3. The number of ether oxygens (including phenoxy) is 1. The Bertz CT molecular complexity index is 627. The number of piperazine rings is 1. The van der Waals surface area contributed by atoms with Crippen molar-refractivity contribution in [3.8, 4) is 5.75 Å².